The standard InChI is InChI=1S/C8H7NO4.C7H5NO4/c1-13-8(10)6-2-4-7(5-3-6)9(11)12;9-7(10)5-1-3-6(4-2-5)8(11)12/h2-5H,1H3;1-4H,(H,9,10). The van der Waals surface area contributed by atoms with E-state index in [-0.39, 0.29) is 16.9 Å². The van der Waals surface area contributed by atoms with Gasteiger partial charge in [-0.2, -0.15) is 0 Å². The van der Waals surface area contributed by atoms with E-state index >= 15 is 0 Å². The third-order valence-electron chi connectivity index (χ3n) is 2.82. The molecule has 0 aliphatic rings. The van der Waals surface area contributed by atoms with Crippen LogP contribution in [0.2, 0.25) is 0 Å². The average Bonchev–Trinajstić information content (AvgIpc) is 2.61. The van der Waals surface area contributed by atoms with Gasteiger partial charge in [0.15, 0.2) is 0 Å². The van der Waals surface area contributed by atoms with E-state index in [0.29, 0.717) is 5.56 Å². The molecule has 1 N–H and O–H groups in total. The molecule has 0 aromatic heterocycles. The van der Waals surface area contributed by atoms with Crippen LogP contribution in [0.25, 0.3) is 0 Å². The Bertz CT molecular complexity index is 751. The fourth-order valence-corrected chi connectivity index (χ4v) is 1.56. The van der Waals surface area contributed by atoms with Crippen LogP contribution >= 0.6 is 0 Å². The van der Waals surface area contributed by atoms with E-state index in [1.165, 1.54) is 43.5 Å². The molecule has 0 atom stereocenters. The Morgan fingerprint density at radius 1 is 0.840 bits per heavy atom. The lowest BCUT2D eigenvalue weighted by atomic mass is 10.2. The molecule has 2 aromatic carbocycles. The third kappa shape index (κ3) is 5.71. The smallest absolute Gasteiger partial charge is 0.337 e. The van der Waals surface area contributed by atoms with Crippen molar-refractivity contribution in [2.45, 2.75) is 0 Å². The molecule has 0 saturated heterocycles. The van der Waals surface area contributed by atoms with Crippen molar-refractivity contribution in [3.63, 3.8) is 0 Å². The van der Waals surface area contributed by atoms with E-state index in [2.05, 4.69) is 4.74 Å². The normalized spacial score (nSPS) is 9.32. The maximum atomic E-state index is 10.9. The number of aromatic carboxylic acids is 1. The number of nitro benzene ring substituents is 2. The van der Waals surface area contributed by atoms with Gasteiger partial charge in [0.25, 0.3) is 11.4 Å². The number of esters is 1. The van der Waals surface area contributed by atoms with E-state index in [1.807, 2.05) is 0 Å². The average molecular weight is 348 g/mol. The first-order valence-corrected chi connectivity index (χ1v) is 6.56. The number of rotatable bonds is 4. The van der Waals surface area contributed by atoms with E-state index in [9.17, 15) is 29.8 Å². The van der Waals surface area contributed by atoms with Crippen LogP contribution in [0.1, 0.15) is 20.7 Å². The SMILES string of the molecule is COC(=O)c1ccc([N+](=O)[O-])cc1.O=C(O)c1ccc([N+](=O)[O-])cc1. The molecule has 0 unspecified atom stereocenters. The number of nitrogens with zero attached hydrogens (tertiary/aromatic N) is 2. The zero-order valence-corrected chi connectivity index (χ0v) is 12.8. The third-order valence-corrected chi connectivity index (χ3v) is 2.82. The van der Waals surface area contributed by atoms with Crippen LogP contribution in [0.5, 0.6) is 0 Å². The predicted molar refractivity (Wildman–Crippen MR) is 84.5 cm³/mol. The number of carboxylic acid groups (broad SMARTS) is 1. The molecule has 0 heterocycles. The van der Waals surface area contributed by atoms with Crippen molar-refractivity contribution in [2.24, 2.45) is 0 Å². The van der Waals surface area contributed by atoms with Gasteiger partial charge in [0, 0.05) is 24.3 Å². The summed E-state index contributed by atoms with van der Waals surface area (Å²) < 4.78 is 4.43. The van der Waals surface area contributed by atoms with Crippen molar-refractivity contribution in [3.8, 4) is 0 Å². The summed E-state index contributed by atoms with van der Waals surface area (Å²) in [5, 5.41) is 28.8. The minimum Gasteiger partial charge on any atom is -0.478 e. The van der Waals surface area contributed by atoms with Crippen LogP contribution < -0.4 is 0 Å². The van der Waals surface area contributed by atoms with Gasteiger partial charge in [0.05, 0.1) is 28.1 Å². The van der Waals surface area contributed by atoms with E-state index in [4.69, 9.17) is 5.11 Å². The second-order valence-corrected chi connectivity index (χ2v) is 4.40. The van der Waals surface area contributed by atoms with E-state index in [0.717, 1.165) is 12.1 Å². The largest absolute Gasteiger partial charge is 0.478 e. The number of benzene rings is 2. The second-order valence-electron chi connectivity index (χ2n) is 4.40. The lowest BCUT2D eigenvalue weighted by Crippen LogP contribution is -2.00. The van der Waals surface area contributed by atoms with Gasteiger partial charge in [-0.15, -0.1) is 0 Å². The van der Waals surface area contributed by atoms with Crippen LogP contribution in [0.15, 0.2) is 48.5 Å². The molecule has 25 heavy (non-hydrogen) atoms. The number of carbonyl (C=O) groups is 2. The second kappa shape index (κ2) is 8.72. The first kappa shape index (κ1) is 19.2. The topological polar surface area (TPSA) is 150 Å². The molecule has 10 heteroatoms. The summed E-state index contributed by atoms with van der Waals surface area (Å²) in [6.07, 6.45) is 0. The Kier molecular flexibility index (Phi) is 6.71. The van der Waals surface area contributed by atoms with Gasteiger partial charge >= 0.3 is 11.9 Å². The van der Waals surface area contributed by atoms with Gasteiger partial charge in [-0.25, -0.2) is 9.59 Å². The van der Waals surface area contributed by atoms with Crippen LogP contribution in [0, 0.1) is 20.2 Å². The molecule has 0 bridgehead atoms. The highest BCUT2D eigenvalue weighted by molar-refractivity contribution is 5.89. The molecule has 0 amide bonds. The Labute approximate surface area is 140 Å². The van der Waals surface area contributed by atoms with Gasteiger partial charge in [-0.1, -0.05) is 0 Å². The molecule has 10 nitrogen and oxygen atoms in total. The molecule has 0 spiro atoms. The number of non-ortho nitro benzene ring substituents is 2. The number of nitro groups is 2. The summed E-state index contributed by atoms with van der Waals surface area (Å²) in [7, 11) is 1.25. The maximum Gasteiger partial charge on any atom is 0.337 e. The molecule has 0 fully saturated rings. The highest BCUT2D eigenvalue weighted by Crippen LogP contribution is 2.12. The summed E-state index contributed by atoms with van der Waals surface area (Å²) in [5.41, 5.74) is 0.182. The number of methoxy groups -OCH3 is 1. The molecule has 0 saturated carbocycles. The van der Waals surface area contributed by atoms with Crippen molar-refractivity contribution in [1.82, 2.24) is 0 Å². The molecular weight excluding hydrogens is 336 g/mol. The summed E-state index contributed by atoms with van der Waals surface area (Å²) in [6.45, 7) is 0. The van der Waals surface area contributed by atoms with Crippen molar-refractivity contribution >= 4 is 23.3 Å². The minimum absolute atomic E-state index is 0.0422. The number of carbonyl (C=O) groups excluding carboxylic acids is 1. The molecule has 2 rings (SSSR count). The molecule has 0 radical (unpaired) electrons. The van der Waals surface area contributed by atoms with E-state index < -0.39 is 21.8 Å². The molecule has 2 aromatic rings. The van der Waals surface area contributed by atoms with Crippen LogP contribution in [-0.2, 0) is 4.74 Å². The minimum atomic E-state index is -1.09. The summed E-state index contributed by atoms with van der Waals surface area (Å²) in [6, 6.07) is 9.92. The van der Waals surface area contributed by atoms with Gasteiger partial charge in [-0.3, -0.25) is 20.2 Å². The van der Waals surface area contributed by atoms with Gasteiger partial charge in [0.2, 0.25) is 0 Å². The Hall–Kier alpha value is -3.82. The van der Waals surface area contributed by atoms with E-state index in [1.54, 1.807) is 0 Å². The first-order chi connectivity index (χ1) is 11.8. The summed E-state index contributed by atoms with van der Waals surface area (Å²) in [5.74, 6) is -1.60. The van der Waals surface area contributed by atoms with Gasteiger partial charge < -0.3 is 9.84 Å². The first-order valence-electron chi connectivity index (χ1n) is 6.56. The zero-order chi connectivity index (χ0) is 19.0. The van der Waals surface area contributed by atoms with Gasteiger partial charge in [-0.05, 0) is 24.3 Å². The van der Waals surface area contributed by atoms with Crippen molar-refractivity contribution < 1.29 is 29.3 Å². The molecule has 0 aliphatic carbocycles. The predicted octanol–water partition coefficient (Wildman–Crippen LogP) is 2.67. The molecule has 0 aliphatic heterocycles. The quantitative estimate of drug-likeness (QED) is 0.503. The summed E-state index contributed by atoms with van der Waals surface area (Å²) in [4.78, 5) is 40.5. The summed E-state index contributed by atoms with van der Waals surface area (Å²) >= 11 is 0. The van der Waals surface area contributed by atoms with Crippen LogP contribution in [0.3, 0.4) is 0 Å². The van der Waals surface area contributed by atoms with Crippen molar-refractivity contribution in [3.05, 3.63) is 79.9 Å². The number of hydrogen-bond acceptors (Lipinski definition) is 7. The van der Waals surface area contributed by atoms with Crippen molar-refractivity contribution in [1.29, 1.82) is 0 Å². The molecular formula is C15H12N2O8. The number of ether oxygens (including phenoxy) is 1. The Balaban J connectivity index is 0.000000251. The fourth-order valence-electron chi connectivity index (χ4n) is 1.56. The van der Waals surface area contributed by atoms with Crippen LogP contribution in [-0.4, -0.2) is 34.0 Å². The van der Waals surface area contributed by atoms with Crippen molar-refractivity contribution in [2.75, 3.05) is 7.11 Å². The lowest BCUT2D eigenvalue weighted by molar-refractivity contribution is -0.385. The van der Waals surface area contributed by atoms with Crippen LogP contribution in [0.4, 0.5) is 11.4 Å². The van der Waals surface area contributed by atoms with Gasteiger partial charge in [0.1, 0.15) is 0 Å². The highest BCUT2D eigenvalue weighted by atomic mass is 16.6. The Morgan fingerprint density at radius 2 is 1.20 bits per heavy atom. The number of carboxylic acids is 1. The fraction of sp³-hybridized carbons (Fsp3) is 0.0667. The number of hydrogen-bond donors (Lipinski definition) is 1. The lowest BCUT2D eigenvalue weighted by Gasteiger charge is -1.97. The monoisotopic (exact) mass is 348 g/mol. The Morgan fingerprint density at radius 3 is 1.48 bits per heavy atom. The highest BCUT2D eigenvalue weighted by Gasteiger charge is 2.08. The zero-order valence-electron chi connectivity index (χ0n) is 12.8. The molecule has 130 valence electrons. The maximum absolute atomic E-state index is 10.9.